The molecule has 0 rings (SSSR count). The predicted molar refractivity (Wildman–Crippen MR) is 32.6 cm³/mol. The molecule has 8 heteroatoms. The Labute approximate surface area is 91.3 Å². The summed E-state index contributed by atoms with van der Waals surface area (Å²) in [6.07, 6.45) is 0. The molecule has 0 bridgehead atoms. The Morgan fingerprint density at radius 1 is 0.857 bits per heavy atom. The molecule has 0 unspecified atom stereocenters. The molecule has 0 N–H and O–H groups in total. The van der Waals surface area contributed by atoms with Gasteiger partial charge in [-0.2, -0.15) is 0 Å². The molecular weight excluding hydrogens is 246 g/mol. The Balaban J connectivity index is -0.000000720. The normalized spacial score (nSPS) is 9.21. The minimum atomic E-state index is -1.57. The first kappa shape index (κ1) is 15.4. The van der Waals surface area contributed by atoms with E-state index in [2.05, 4.69) is 0 Å². The van der Waals surface area contributed by atoms with E-state index in [0.29, 0.717) is 4.90 Å². The summed E-state index contributed by atoms with van der Waals surface area (Å²) >= 11 is 0. The Morgan fingerprint density at radius 3 is 1.21 bits per heavy atom. The molecule has 0 aliphatic rings. The van der Waals surface area contributed by atoms with Crippen molar-refractivity contribution >= 4 is 17.9 Å². The Hall–Kier alpha value is -1.11. The number of nitrogens with zero attached hydrogens (tertiary/aromatic N) is 1. The van der Waals surface area contributed by atoms with Gasteiger partial charge in [0.25, 0.3) is 0 Å². The summed E-state index contributed by atoms with van der Waals surface area (Å²) in [5.74, 6) is -4.70. The van der Waals surface area contributed by atoms with Gasteiger partial charge in [0.1, 0.15) is 0 Å². The van der Waals surface area contributed by atoms with Crippen molar-refractivity contribution in [2.45, 2.75) is 0 Å². The van der Waals surface area contributed by atoms with Crippen LogP contribution in [0.5, 0.6) is 0 Å². The first-order chi connectivity index (χ1) is 5.91. The molecule has 0 fully saturated rings. The number of carboxylic acids is 3. The summed E-state index contributed by atoms with van der Waals surface area (Å²) in [6.45, 7) is -2.37. The molecule has 0 aliphatic heterocycles. The van der Waals surface area contributed by atoms with Gasteiger partial charge in [-0.15, -0.1) is 0 Å². The SMILES string of the molecule is O=C([O-])CN(CC(=O)[O-])CC(=O)[O-].[Cu+2].[H+]. The molecule has 0 saturated heterocycles. The van der Waals surface area contributed by atoms with E-state index in [1.807, 2.05) is 0 Å². The van der Waals surface area contributed by atoms with Crippen molar-refractivity contribution < 1.29 is 48.2 Å². The molecule has 1 radical (unpaired) electrons. The minimum absolute atomic E-state index is 0. The number of carboxylic acid groups (broad SMARTS) is 3. The number of hydrogen-bond acceptors (Lipinski definition) is 7. The molecule has 0 amide bonds. The third-order valence-corrected chi connectivity index (χ3v) is 1.06. The van der Waals surface area contributed by atoms with Gasteiger partial charge in [0.2, 0.25) is 0 Å². The standard InChI is InChI=1S/C6H9NO6.Cu/c8-4(9)1-7(2-5(10)11)3-6(12)13;/h1-3H2,(H,8,9)(H,10,11)(H,12,13);/q;+2/p-2. The van der Waals surface area contributed by atoms with Gasteiger partial charge in [-0.1, -0.05) is 0 Å². The number of carbonyl (C=O) groups excluding carboxylic acids is 3. The zero-order chi connectivity index (χ0) is 10.4. The van der Waals surface area contributed by atoms with Crippen LogP contribution in [0.1, 0.15) is 1.43 Å². The molecule has 0 aromatic rings. The van der Waals surface area contributed by atoms with Gasteiger partial charge in [0.15, 0.2) is 0 Å². The number of carbonyl (C=O) groups is 3. The second kappa shape index (κ2) is 7.31. The molecule has 0 aromatic heterocycles. The maximum atomic E-state index is 9.99. The fraction of sp³-hybridized carbons (Fsp3) is 0.500. The van der Waals surface area contributed by atoms with Crippen LogP contribution < -0.4 is 15.3 Å². The monoisotopic (exact) mass is 252 g/mol. The van der Waals surface area contributed by atoms with Crippen molar-refractivity contribution in [1.29, 1.82) is 0 Å². The van der Waals surface area contributed by atoms with E-state index in [-0.39, 0.29) is 18.5 Å². The van der Waals surface area contributed by atoms with E-state index < -0.39 is 37.5 Å². The van der Waals surface area contributed by atoms with Crippen LogP contribution in [-0.4, -0.2) is 42.4 Å². The van der Waals surface area contributed by atoms with Crippen molar-refractivity contribution in [3.8, 4) is 0 Å². The second-order valence-electron chi connectivity index (χ2n) is 2.26. The quantitative estimate of drug-likeness (QED) is 0.432. The fourth-order valence-corrected chi connectivity index (χ4v) is 0.715. The van der Waals surface area contributed by atoms with Crippen LogP contribution in [0, 0.1) is 0 Å². The van der Waals surface area contributed by atoms with Crippen LogP contribution in [0.2, 0.25) is 0 Å². The predicted octanol–water partition coefficient (Wildman–Crippen LogP) is -5.35. The molecule has 0 spiro atoms. The van der Waals surface area contributed by atoms with Crippen molar-refractivity contribution in [2.24, 2.45) is 0 Å². The second-order valence-corrected chi connectivity index (χ2v) is 2.26. The van der Waals surface area contributed by atoms with Crippen LogP contribution in [-0.2, 0) is 31.5 Å². The molecule has 0 aliphatic carbocycles. The smallest absolute Gasteiger partial charge is 0.549 e. The van der Waals surface area contributed by atoms with Gasteiger partial charge >= 0.3 is 18.5 Å². The number of hydrogen-bond donors (Lipinski definition) is 0. The van der Waals surface area contributed by atoms with Gasteiger partial charge in [-0.3, -0.25) is 4.90 Å². The summed E-state index contributed by atoms with van der Waals surface area (Å²) in [6, 6.07) is 0. The summed E-state index contributed by atoms with van der Waals surface area (Å²) in [4.78, 5) is 30.6. The third kappa shape index (κ3) is 8.98. The van der Waals surface area contributed by atoms with Crippen molar-refractivity contribution in [3.63, 3.8) is 0 Å². The average molecular weight is 253 g/mol. The molecule has 0 heterocycles. The maximum Gasteiger partial charge on any atom is 2.00 e. The molecule has 7 nitrogen and oxygen atoms in total. The van der Waals surface area contributed by atoms with E-state index in [4.69, 9.17) is 0 Å². The van der Waals surface area contributed by atoms with Crippen LogP contribution in [0.25, 0.3) is 0 Å². The van der Waals surface area contributed by atoms with Crippen LogP contribution in [0.4, 0.5) is 0 Å². The van der Waals surface area contributed by atoms with E-state index in [0.717, 1.165) is 0 Å². The molecule has 0 saturated carbocycles. The van der Waals surface area contributed by atoms with E-state index in [9.17, 15) is 29.7 Å². The summed E-state index contributed by atoms with van der Waals surface area (Å²) < 4.78 is 0. The minimum Gasteiger partial charge on any atom is -0.549 e. The van der Waals surface area contributed by atoms with Gasteiger partial charge in [0.05, 0.1) is 17.9 Å². The maximum absolute atomic E-state index is 9.99. The first-order valence-electron chi connectivity index (χ1n) is 3.23. The van der Waals surface area contributed by atoms with Crippen molar-refractivity contribution in [2.75, 3.05) is 19.6 Å². The van der Waals surface area contributed by atoms with E-state index >= 15 is 0 Å². The fourth-order valence-electron chi connectivity index (χ4n) is 0.715. The largest absolute Gasteiger partial charge is 2.00 e. The zero-order valence-corrected chi connectivity index (χ0v) is 7.76. The number of aliphatic carboxylic acids is 3. The van der Waals surface area contributed by atoms with Crippen LogP contribution in [0.15, 0.2) is 0 Å². The number of rotatable bonds is 6. The van der Waals surface area contributed by atoms with E-state index in [1.165, 1.54) is 0 Å². The van der Waals surface area contributed by atoms with Gasteiger partial charge in [-0.25, -0.2) is 0 Å². The van der Waals surface area contributed by atoms with Crippen molar-refractivity contribution in [1.82, 2.24) is 4.90 Å². The average Bonchev–Trinajstić information content (AvgIpc) is 1.80. The zero-order valence-electron chi connectivity index (χ0n) is 7.82. The van der Waals surface area contributed by atoms with Crippen molar-refractivity contribution in [3.05, 3.63) is 0 Å². The summed E-state index contributed by atoms with van der Waals surface area (Å²) in [5, 5.41) is 30.0. The molecular formula is C6H7CuNO6. The van der Waals surface area contributed by atoms with Gasteiger partial charge < -0.3 is 29.7 Å². The van der Waals surface area contributed by atoms with Gasteiger partial charge in [-0.05, 0) is 0 Å². The molecule has 0 atom stereocenters. The first-order valence-corrected chi connectivity index (χ1v) is 3.23. The topological polar surface area (TPSA) is 124 Å². The van der Waals surface area contributed by atoms with Crippen LogP contribution >= 0.6 is 0 Å². The van der Waals surface area contributed by atoms with E-state index in [1.54, 1.807) is 0 Å². The molecule has 83 valence electrons. The third-order valence-electron chi connectivity index (χ3n) is 1.06. The Kier molecular flexibility index (Phi) is 8.02. The van der Waals surface area contributed by atoms with Crippen LogP contribution in [0.3, 0.4) is 0 Å². The molecule has 14 heavy (non-hydrogen) atoms. The summed E-state index contributed by atoms with van der Waals surface area (Å²) in [5.41, 5.74) is 0. The molecule has 0 aromatic carbocycles. The van der Waals surface area contributed by atoms with Gasteiger partial charge in [0, 0.05) is 19.6 Å². The Bertz CT molecular complexity index is 198. The Morgan fingerprint density at radius 2 is 1.07 bits per heavy atom. The summed E-state index contributed by atoms with van der Waals surface area (Å²) in [7, 11) is 0.